The molecule has 3 fully saturated rings. The van der Waals surface area contributed by atoms with Crippen LogP contribution in [-0.4, -0.2) is 42.0 Å². The van der Waals surface area contributed by atoms with E-state index >= 15 is 0 Å². The van der Waals surface area contributed by atoms with Crippen LogP contribution in [-0.2, 0) is 6.54 Å². The Labute approximate surface area is 128 Å². The number of benzene rings is 1. The fourth-order valence-electron chi connectivity index (χ4n) is 4.86. The second-order valence-corrected chi connectivity index (χ2v) is 7.30. The molecule has 2 bridgehead atoms. The summed E-state index contributed by atoms with van der Waals surface area (Å²) >= 11 is 0. The van der Waals surface area contributed by atoms with Gasteiger partial charge in [-0.15, -0.1) is 0 Å². The molecule has 114 valence electrons. The van der Waals surface area contributed by atoms with E-state index in [4.69, 9.17) is 5.73 Å². The van der Waals surface area contributed by atoms with Crippen LogP contribution in [0.15, 0.2) is 24.3 Å². The lowest BCUT2D eigenvalue weighted by Crippen LogP contribution is -2.51. The van der Waals surface area contributed by atoms with Crippen molar-refractivity contribution in [2.45, 2.75) is 38.3 Å². The Kier molecular flexibility index (Phi) is 3.64. The maximum atomic E-state index is 5.88. The summed E-state index contributed by atoms with van der Waals surface area (Å²) in [6.45, 7) is 5.99. The Morgan fingerprint density at radius 3 is 2.57 bits per heavy atom. The first-order valence-corrected chi connectivity index (χ1v) is 8.59. The van der Waals surface area contributed by atoms with E-state index in [2.05, 4.69) is 28.0 Å². The zero-order valence-corrected chi connectivity index (χ0v) is 12.9. The van der Waals surface area contributed by atoms with Gasteiger partial charge in [-0.1, -0.05) is 18.6 Å². The molecule has 1 aromatic carbocycles. The molecule has 21 heavy (non-hydrogen) atoms. The highest BCUT2D eigenvalue weighted by Crippen LogP contribution is 2.46. The molecule has 0 radical (unpaired) electrons. The van der Waals surface area contributed by atoms with Gasteiger partial charge in [0.1, 0.15) is 0 Å². The number of hydrogen-bond acceptors (Lipinski definition) is 3. The fraction of sp³-hybridized carbons (Fsp3) is 0.667. The van der Waals surface area contributed by atoms with Gasteiger partial charge in [-0.25, -0.2) is 0 Å². The van der Waals surface area contributed by atoms with Crippen molar-refractivity contribution in [3.8, 4) is 0 Å². The summed E-state index contributed by atoms with van der Waals surface area (Å²) < 4.78 is 0. The van der Waals surface area contributed by atoms with Crippen LogP contribution in [0.25, 0.3) is 0 Å². The molecule has 3 aliphatic rings. The van der Waals surface area contributed by atoms with E-state index in [9.17, 15) is 0 Å². The third-order valence-corrected chi connectivity index (χ3v) is 5.93. The molecule has 3 unspecified atom stereocenters. The van der Waals surface area contributed by atoms with Crippen LogP contribution in [0.5, 0.6) is 0 Å². The lowest BCUT2D eigenvalue weighted by Gasteiger charge is -2.41. The van der Waals surface area contributed by atoms with E-state index in [1.165, 1.54) is 57.4 Å². The van der Waals surface area contributed by atoms with Gasteiger partial charge in [0.15, 0.2) is 0 Å². The molecule has 3 heteroatoms. The first kappa shape index (κ1) is 13.6. The van der Waals surface area contributed by atoms with Crippen molar-refractivity contribution in [3.05, 3.63) is 29.8 Å². The van der Waals surface area contributed by atoms with Gasteiger partial charge in [-0.2, -0.15) is 0 Å². The van der Waals surface area contributed by atoms with Gasteiger partial charge in [-0.05, 0) is 48.8 Å². The van der Waals surface area contributed by atoms with Crippen molar-refractivity contribution in [2.24, 2.45) is 11.8 Å². The molecule has 1 saturated heterocycles. The largest absolute Gasteiger partial charge is 0.399 e. The highest BCUT2D eigenvalue weighted by Gasteiger charge is 2.42. The van der Waals surface area contributed by atoms with Crippen molar-refractivity contribution in [3.63, 3.8) is 0 Å². The van der Waals surface area contributed by atoms with Gasteiger partial charge in [0.2, 0.25) is 0 Å². The van der Waals surface area contributed by atoms with Crippen LogP contribution in [0.3, 0.4) is 0 Å². The summed E-state index contributed by atoms with van der Waals surface area (Å²) in [5, 5.41) is 0. The number of nitrogens with two attached hydrogens (primary N) is 1. The van der Waals surface area contributed by atoms with Gasteiger partial charge in [0.25, 0.3) is 0 Å². The molecule has 3 atom stereocenters. The summed E-state index contributed by atoms with van der Waals surface area (Å²) in [7, 11) is 0. The number of anilines is 1. The summed E-state index contributed by atoms with van der Waals surface area (Å²) in [4.78, 5) is 5.37. The fourth-order valence-corrected chi connectivity index (χ4v) is 4.86. The van der Waals surface area contributed by atoms with Gasteiger partial charge >= 0.3 is 0 Å². The van der Waals surface area contributed by atoms with Crippen LogP contribution in [0.2, 0.25) is 0 Å². The van der Waals surface area contributed by atoms with E-state index < -0.39 is 0 Å². The van der Waals surface area contributed by atoms with Crippen LogP contribution in [0, 0.1) is 11.8 Å². The molecular weight excluding hydrogens is 258 g/mol. The molecular formula is C18H27N3. The lowest BCUT2D eigenvalue weighted by atomic mass is 9.93. The number of nitrogen functional groups attached to an aromatic ring is 1. The van der Waals surface area contributed by atoms with E-state index in [-0.39, 0.29) is 0 Å². The standard InChI is InChI=1S/C18H27N3/c19-17-3-1-2-15(11-17)13-20-6-8-21(9-7-20)18-12-14-4-5-16(18)10-14/h1-3,11,14,16,18H,4-10,12-13,19H2. The van der Waals surface area contributed by atoms with Crippen molar-refractivity contribution >= 4 is 5.69 Å². The predicted molar refractivity (Wildman–Crippen MR) is 86.9 cm³/mol. The van der Waals surface area contributed by atoms with Crippen molar-refractivity contribution in [1.82, 2.24) is 9.80 Å². The molecule has 1 aliphatic heterocycles. The number of fused-ring (bicyclic) bond motifs is 2. The van der Waals surface area contributed by atoms with Crippen LogP contribution in [0.4, 0.5) is 5.69 Å². The van der Waals surface area contributed by atoms with Crippen LogP contribution in [0.1, 0.15) is 31.2 Å². The van der Waals surface area contributed by atoms with Gasteiger partial charge in [0.05, 0.1) is 0 Å². The average Bonchev–Trinajstić information content (AvgIpc) is 3.11. The normalized spacial score (nSPS) is 33.6. The summed E-state index contributed by atoms with van der Waals surface area (Å²) in [5.74, 6) is 2.08. The van der Waals surface area contributed by atoms with Crippen LogP contribution < -0.4 is 5.73 Å². The summed E-state index contributed by atoms with van der Waals surface area (Å²) in [6, 6.07) is 9.26. The third kappa shape index (κ3) is 2.82. The Hall–Kier alpha value is -1.06. The first-order chi connectivity index (χ1) is 10.3. The van der Waals surface area contributed by atoms with E-state index in [1.807, 2.05) is 6.07 Å². The Balaban J connectivity index is 1.31. The van der Waals surface area contributed by atoms with Crippen molar-refractivity contribution in [2.75, 3.05) is 31.9 Å². The SMILES string of the molecule is Nc1cccc(CN2CCN(C3CC4CCC3C4)CC2)c1. The zero-order valence-electron chi connectivity index (χ0n) is 12.9. The van der Waals surface area contributed by atoms with Crippen molar-refractivity contribution < 1.29 is 0 Å². The number of rotatable bonds is 3. The molecule has 4 rings (SSSR count). The average molecular weight is 285 g/mol. The minimum Gasteiger partial charge on any atom is -0.399 e. The summed E-state index contributed by atoms with van der Waals surface area (Å²) in [6.07, 6.45) is 6.02. The summed E-state index contributed by atoms with van der Waals surface area (Å²) in [5.41, 5.74) is 8.11. The van der Waals surface area contributed by atoms with Crippen molar-refractivity contribution in [1.29, 1.82) is 0 Å². The molecule has 3 nitrogen and oxygen atoms in total. The Morgan fingerprint density at radius 1 is 1.05 bits per heavy atom. The Morgan fingerprint density at radius 2 is 1.90 bits per heavy atom. The molecule has 2 N–H and O–H groups in total. The number of hydrogen-bond donors (Lipinski definition) is 1. The Bertz CT molecular complexity index is 493. The maximum Gasteiger partial charge on any atom is 0.0317 e. The van der Waals surface area contributed by atoms with Crippen LogP contribution >= 0.6 is 0 Å². The van der Waals surface area contributed by atoms with E-state index in [1.54, 1.807) is 0 Å². The van der Waals surface area contributed by atoms with E-state index in [0.717, 1.165) is 30.1 Å². The zero-order chi connectivity index (χ0) is 14.2. The van der Waals surface area contributed by atoms with Gasteiger partial charge in [-0.3, -0.25) is 9.80 Å². The van der Waals surface area contributed by atoms with Gasteiger partial charge in [0, 0.05) is 44.5 Å². The quantitative estimate of drug-likeness (QED) is 0.866. The minimum atomic E-state index is 0.883. The highest BCUT2D eigenvalue weighted by molar-refractivity contribution is 5.40. The number of nitrogens with zero attached hydrogens (tertiary/aromatic N) is 2. The van der Waals surface area contributed by atoms with E-state index in [0.29, 0.717) is 0 Å². The van der Waals surface area contributed by atoms with Gasteiger partial charge < -0.3 is 5.73 Å². The monoisotopic (exact) mass is 285 g/mol. The smallest absolute Gasteiger partial charge is 0.0317 e. The minimum absolute atomic E-state index is 0.883. The molecule has 1 heterocycles. The maximum absolute atomic E-state index is 5.88. The molecule has 1 aromatic rings. The molecule has 0 amide bonds. The molecule has 2 aliphatic carbocycles. The topological polar surface area (TPSA) is 32.5 Å². The second kappa shape index (κ2) is 5.62. The third-order valence-electron chi connectivity index (χ3n) is 5.93. The lowest BCUT2D eigenvalue weighted by molar-refractivity contribution is 0.0680. The first-order valence-electron chi connectivity index (χ1n) is 8.59. The predicted octanol–water partition coefficient (Wildman–Crippen LogP) is 2.58. The number of piperazine rings is 1. The molecule has 0 spiro atoms. The second-order valence-electron chi connectivity index (χ2n) is 7.30. The highest BCUT2D eigenvalue weighted by atomic mass is 15.3. The molecule has 0 aromatic heterocycles. The molecule has 2 saturated carbocycles.